The Hall–Kier alpha value is -2.95. The lowest BCUT2D eigenvalue weighted by atomic mass is 10.2. The Bertz CT molecular complexity index is 876. The van der Waals surface area contributed by atoms with E-state index in [4.69, 9.17) is 0 Å². The van der Waals surface area contributed by atoms with E-state index in [0.717, 1.165) is 22.4 Å². The highest BCUT2D eigenvalue weighted by molar-refractivity contribution is 5.79. The Kier molecular flexibility index (Phi) is 2.74. The first-order valence-corrected chi connectivity index (χ1v) is 6.73. The third-order valence-corrected chi connectivity index (χ3v) is 3.39. The first-order valence-electron chi connectivity index (χ1n) is 6.73. The number of fused-ring (bicyclic) bond motifs is 1. The second-order valence-corrected chi connectivity index (χ2v) is 4.87. The van der Waals surface area contributed by atoms with Crippen LogP contribution in [0.3, 0.4) is 0 Å². The first kappa shape index (κ1) is 11.8. The zero-order valence-electron chi connectivity index (χ0n) is 11.3. The van der Waals surface area contributed by atoms with Gasteiger partial charge in [0.25, 0.3) is 0 Å². The fraction of sp³-hybridized carbons (Fsp3) is 0.0625. The minimum Gasteiger partial charge on any atom is -0.331 e. The summed E-state index contributed by atoms with van der Waals surface area (Å²) in [5.74, 6) is 0.873. The maximum absolute atomic E-state index is 4.66. The van der Waals surface area contributed by atoms with Crippen molar-refractivity contribution in [3.05, 3.63) is 73.3 Å². The van der Waals surface area contributed by atoms with E-state index in [9.17, 15) is 0 Å². The van der Waals surface area contributed by atoms with E-state index >= 15 is 0 Å². The van der Waals surface area contributed by atoms with Crippen LogP contribution in [0.4, 0.5) is 0 Å². The summed E-state index contributed by atoms with van der Waals surface area (Å²) in [5, 5.41) is 1.14. The molecule has 0 radical (unpaired) electrons. The molecule has 0 saturated carbocycles. The highest BCUT2D eigenvalue weighted by Crippen LogP contribution is 2.14. The van der Waals surface area contributed by atoms with E-state index in [1.165, 1.54) is 0 Å². The molecule has 0 atom stereocenters. The van der Waals surface area contributed by atoms with E-state index in [0.29, 0.717) is 6.54 Å². The van der Waals surface area contributed by atoms with Gasteiger partial charge in [-0.15, -0.1) is 0 Å². The van der Waals surface area contributed by atoms with E-state index in [1.54, 1.807) is 18.9 Å². The Labute approximate surface area is 121 Å². The molecule has 0 aliphatic heterocycles. The van der Waals surface area contributed by atoms with E-state index in [-0.39, 0.29) is 0 Å². The molecule has 0 bridgehead atoms. The Morgan fingerprint density at radius 1 is 1.00 bits per heavy atom. The summed E-state index contributed by atoms with van der Waals surface area (Å²) < 4.78 is 3.93. The summed E-state index contributed by atoms with van der Waals surface area (Å²) in [6.45, 7) is 0.709. The van der Waals surface area contributed by atoms with Crippen molar-refractivity contribution in [3.8, 4) is 5.82 Å². The van der Waals surface area contributed by atoms with Crippen molar-refractivity contribution in [2.24, 2.45) is 0 Å². The summed E-state index contributed by atoms with van der Waals surface area (Å²) in [7, 11) is 0. The zero-order valence-corrected chi connectivity index (χ0v) is 11.3. The van der Waals surface area contributed by atoms with Crippen LogP contribution in [0.15, 0.2) is 67.6 Å². The third kappa shape index (κ3) is 2.29. The maximum Gasteiger partial charge on any atom is 0.138 e. The molecular weight excluding hydrogens is 262 g/mol. The number of pyridine rings is 1. The molecule has 0 saturated heterocycles. The maximum atomic E-state index is 4.66. The van der Waals surface area contributed by atoms with Gasteiger partial charge >= 0.3 is 0 Å². The number of imidazole rings is 2. The predicted molar refractivity (Wildman–Crippen MR) is 80.2 cm³/mol. The number of rotatable bonds is 3. The smallest absolute Gasteiger partial charge is 0.138 e. The van der Waals surface area contributed by atoms with E-state index < -0.39 is 0 Å². The van der Waals surface area contributed by atoms with E-state index in [2.05, 4.69) is 27.1 Å². The minimum atomic E-state index is 0.709. The molecule has 3 aromatic heterocycles. The molecule has 21 heavy (non-hydrogen) atoms. The van der Waals surface area contributed by atoms with Crippen molar-refractivity contribution < 1.29 is 0 Å². The minimum absolute atomic E-state index is 0.709. The molecule has 0 aliphatic rings. The van der Waals surface area contributed by atoms with Crippen LogP contribution in [-0.2, 0) is 6.54 Å². The van der Waals surface area contributed by atoms with E-state index in [1.807, 2.05) is 45.8 Å². The van der Waals surface area contributed by atoms with Gasteiger partial charge in [-0.25, -0.2) is 15.0 Å². The molecule has 0 unspecified atom stereocenters. The fourth-order valence-electron chi connectivity index (χ4n) is 2.34. The van der Waals surface area contributed by atoms with Gasteiger partial charge in [0.1, 0.15) is 12.1 Å². The van der Waals surface area contributed by atoms with Crippen LogP contribution in [0.5, 0.6) is 0 Å². The average molecular weight is 275 g/mol. The van der Waals surface area contributed by atoms with Crippen LogP contribution in [0.2, 0.25) is 0 Å². The van der Waals surface area contributed by atoms with Crippen LogP contribution < -0.4 is 0 Å². The summed E-state index contributed by atoms with van der Waals surface area (Å²) in [5.41, 5.74) is 1.96. The van der Waals surface area contributed by atoms with Gasteiger partial charge in [-0.05, 0) is 18.2 Å². The molecule has 5 heteroatoms. The highest BCUT2D eigenvalue weighted by atomic mass is 15.1. The molecule has 0 aliphatic carbocycles. The third-order valence-electron chi connectivity index (χ3n) is 3.39. The molecule has 0 spiro atoms. The largest absolute Gasteiger partial charge is 0.331 e. The molecule has 102 valence electrons. The SMILES string of the molecule is c1ccc2nc(-n3cnc(Cn4ccnc4)c3)ccc2c1. The Morgan fingerprint density at radius 3 is 2.86 bits per heavy atom. The summed E-state index contributed by atoms with van der Waals surface area (Å²) in [4.78, 5) is 13.1. The van der Waals surface area contributed by atoms with Crippen molar-refractivity contribution in [2.75, 3.05) is 0 Å². The van der Waals surface area contributed by atoms with Crippen molar-refractivity contribution in [1.29, 1.82) is 0 Å². The topological polar surface area (TPSA) is 48.5 Å². The Morgan fingerprint density at radius 2 is 1.95 bits per heavy atom. The standard InChI is InChI=1S/C16H13N5/c1-2-4-15-13(3-1)5-6-16(19-15)21-10-14(18-12-21)9-20-8-7-17-11-20/h1-8,10-12H,9H2. The molecular formula is C16H13N5. The van der Waals surface area contributed by atoms with Gasteiger partial charge in [0.05, 0.1) is 24.1 Å². The molecule has 3 heterocycles. The summed E-state index contributed by atoms with van der Waals surface area (Å²) in [6, 6.07) is 12.2. The predicted octanol–water partition coefficient (Wildman–Crippen LogP) is 2.67. The van der Waals surface area contributed by atoms with Crippen molar-refractivity contribution in [3.63, 3.8) is 0 Å². The van der Waals surface area contributed by atoms with Gasteiger partial charge < -0.3 is 4.57 Å². The van der Waals surface area contributed by atoms with Crippen LogP contribution in [0, 0.1) is 0 Å². The van der Waals surface area contributed by atoms with Crippen LogP contribution >= 0.6 is 0 Å². The fourth-order valence-corrected chi connectivity index (χ4v) is 2.34. The van der Waals surface area contributed by atoms with Gasteiger partial charge in [-0.2, -0.15) is 0 Å². The zero-order chi connectivity index (χ0) is 14.1. The second kappa shape index (κ2) is 4.86. The van der Waals surface area contributed by atoms with Gasteiger partial charge in [-0.1, -0.05) is 18.2 Å². The van der Waals surface area contributed by atoms with Gasteiger partial charge in [0, 0.05) is 24.0 Å². The number of hydrogen-bond donors (Lipinski definition) is 0. The highest BCUT2D eigenvalue weighted by Gasteiger charge is 2.04. The van der Waals surface area contributed by atoms with Gasteiger partial charge in [0.15, 0.2) is 0 Å². The molecule has 4 aromatic rings. The molecule has 0 amide bonds. The number of hydrogen-bond acceptors (Lipinski definition) is 3. The first-order chi connectivity index (χ1) is 10.4. The Balaban J connectivity index is 1.67. The number of aromatic nitrogens is 5. The van der Waals surface area contributed by atoms with Crippen molar-refractivity contribution in [2.45, 2.75) is 6.54 Å². The summed E-state index contributed by atoms with van der Waals surface area (Å²) in [6.07, 6.45) is 9.27. The monoisotopic (exact) mass is 275 g/mol. The lowest BCUT2D eigenvalue weighted by Gasteiger charge is -2.03. The average Bonchev–Trinajstić information content (AvgIpc) is 3.19. The number of nitrogens with zero attached hydrogens (tertiary/aromatic N) is 5. The molecule has 0 N–H and O–H groups in total. The molecule has 1 aromatic carbocycles. The van der Waals surface area contributed by atoms with Crippen molar-refractivity contribution >= 4 is 10.9 Å². The lowest BCUT2D eigenvalue weighted by molar-refractivity contribution is 0.777. The molecule has 4 rings (SSSR count). The van der Waals surface area contributed by atoms with Crippen LogP contribution in [0.1, 0.15) is 5.69 Å². The second-order valence-electron chi connectivity index (χ2n) is 4.87. The summed E-state index contributed by atoms with van der Waals surface area (Å²) >= 11 is 0. The molecule has 5 nitrogen and oxygen atoms in total. The van der Waals surface area contributed by atoms with Crippen LogP contribution in [-0.4, -0.2) is 24.1 Å². The normalized spacial score (nSPS) is 11.0. The van der Waals surface area contributed by atoms with Gasteiger partial charge in [-0.3, -0.25) is 4.57 Å². The van der Waals surface area contributed by atoms with Crippen molar-refractivity contribution in [1.82, 2.24) is 24.1 Å². The quantitative estimate of drug-likeness (QED) is 0.577. The lowest BCUT2D eigenvalue weighted by Crippen LogP contribution is -1.97. The molecule has 0 fully saturated rings. The number of para-hydroxylation sites is 1. The van der Waals surface area contributed by atoms with Crippen LogP contribution in [0.25, 0.3) is 16.7 Å². The van der Waals surface area contributed by atoms with Gasteiger partial charge in [0.2, 0.25) is 0 Å². The number of benzene rings is 1.